The number of nitrogens with zero attached hydrogens (tertiary/aromatic N) is 2. The summed E-state index contributed by atoms with van der Waals surface area (Å²) < 4.78 is 0. The van der Waals surface area contributed by atoms with Gasteiger partial charge in [0.1, 0.15) is 0 Å². The fourth-order valence-electron chi connectivity index (χ4n) is 1.99. The van der Waals surface area contributed by atoms with Crippen molar-refractivity contribution < 1.29 is 4.79 Å². The van der Waals surface area contributed by atoms with Gasteiger partial charge < -0.3 is 16.4 Å². The van der Waals surface area contributed by atoms with E-state index in [9.17, 15) is 4.79 Å². The number of aromatic nitrogens is 1. The Hall–Kier alpha value is -1.62. The van der Waals surface area contributed by atoms with Crippen molar-refractivity contribution in [3.05, 3.63) is 24.0 Å². The minimum atomic E-state index is -0.432. The lowest BCUT2D eigenvalue weighted by Gasteiger charge is -2.32. The van der Waals surface area contributed by atoms with Gasteiger partial charge in [0.2, 0.25) is 0 Å². The molecule has 2 heterocycles. The molecule has 1 aliphatic heterocycles. The monoisotopic (exact) mass is 220 g/mol. The Morgan fingerprint density at radius 3 is 2.75 bits per heavy atom. The van der Waals surface area contributed by atoms with Crippen LogP contribution in [0.1, 0.15) is 23.2 Å². The summed E-state index contributed by atoms with van der Waals surface area (Å²) in [4.78, 5) is 17.3. The van der Waals surface area contributed by atoms with Crippen LogP contribution in [-0.4, -0.2) is 30.0 Å². The van der Waals surface area contributed by atoms with Crippen molar-refractivity contribution >= 4 is 11.6 Å². The smallest absolute Gasteiger partial charge is 0.252 e. The average Bonchev–Trinajstić information content (AvgIpc) is 2.30. The van der Waals surface area contributed by atoms with Crippen LogP contribution in [0.2, 0.25) is 0 Å². The molecule has 5 heteroatoms. The van der Waals surface area contributed by atoms with Crippen LogP contribution < -0.4 is 16.4 Å². The van der Waals surface area contributed by atoms with Gasteiger partial charge in [-0.3, -0.25) is 9.78 Å². The number of rotatable bonds is 2. The standard InChI is InChI=1S/C11H16N4O/c12-8-2-5-15(6-3-8)10-1-4-14-7-9(10)11(13)16/h1,4,7-8H,2-3,5-6,12H2,(H2,13,16). The highest BCUT2D eigenvalue weighted by Gasteiger charge is 2.19. The third kappa shape index (κ3) is 2.14. The molecule has 0 spiro atoms. The van der Waals surface area contributed by atoms with Gasteiger partial charge in [-0.25, -0.2) is 0 Å². The molecule has 1 saturated heterocycles. The zero-order valence-corrected chi connectivity index (χ0v) is 9.10. The molecular formula is C11H16N4O. The highest BCUT2D eigenvalue weighted by molar-refractivity contribution is 5.98. The van der Waals surface area contributed by atoms with Crippen LogP contribution in [0.4, 0.5) is 5.69 Å². The van der Waals surface area contributed by atoms with Crippen LogP contribution in [0.15, 0.2) is 18.5 Å². The Labute approximate surface area is 94.4 Å². The Bertz CT molecular complexity index is 385. The first kappa shape index (κ1) is 10.9. The highest BCUT2D eigenvalue weighted by Crippen LogP contribution is 2.22. The second-order valence-electron chi connectivity index (χ2n) is 4.08. The molecule has 16 heavy (non-hydrogen) atoms. The first-order chi connectivity index (χ1) is 7.68. The van der Waals surface area contributed by atoms with Crippen molar-refractivity contribution in [2.45, 2.75) is 18.9 Å². The molecule has 0 atom stereocenters. The zero-order chi connectivity index (χ0) is 11.5. The van der Waals surface area contributed by atoms with E-state index in [1.54, 1.807) is 6.20 Å². The van der Waals surface area contributed by atoms with Crippen molar-refractivity contribution in [3.8, 4) is 0 Å². The van der Waals surface area contributed by atoms with E-state index < -0.39 is 5.91 Å². The molecule has 0 aliphatic carbocycles. The van der Waals surface area contributed by atoms with Crippen molar-refractivity contribution in [1.82, 2.24) is 4.98 Å². The van der Waals surface area contributed by atoms with Crippen LogP contribution >= 0.6 is 0 Å². The average molecular weight is 220 g/mol. The van der Waals surface area contributed by atoms with Gasteiger partial charge in [-0.15, -0.1) is 0 Å². The molecule has 1 fully saturated rings. The molecule has 0 bridgehead atoms. The molecule has 0 radical (unpaired) electrons. The number of carbonyl (C=O) groups is 1. The molecule has 1 aromatic heterocycles. The van der Waals surface area contributed by atoms with Crippen LogP contribution in [0.5, 0.6) is 0 Å². The normalized spacial score (nSPS) is 17.4. The molecule has 0 aromatic carbocycles. The zero-order valence-electron chi connectivity index (χ0n) is 9.10. The number of hydrogen-bond acceptors (Lipinski definition) is 4. The number of anilines is 1. The predicted octanol–water partition coefficient (Wildman–Crippen LogP) is 0.108. The number of pyridine rings is 1. The number of piperidine rings is 1. The minimum Gasteiger partial charge on any atom is -0.371 e. The summed E-state index contributed by atoms with van der Waals surface area (Å²) in [5, 5.41) is 0. The van der Waals surface area contributed by atoms with E-state index in [0.29, 0.717) is 5.56 Å². The lowest BCUT2D eigenvalue weighted by molar-refractivity contribution is 0.100. The second kappa shape index (κ2) is 4.49. The van der Waals surface area contributed by atoms with Crippen LogP contribution in [-0.2, 0) is 0 Å². The Balaban J connectivity index is 2.23. The van der Waals surface area contributed by atoms with Crippen LogP contribution in [0.25, 0.3) is 0 Å². The topological polar surface area (TPSA) is 85.2 Å². The van der Waals surface area contributed by atoms with Gasteiger partial charge in [0.25, 0.3) is 5.91 Å². The number of amides is 1. The highest BCUT2D eigenvalue weighted by atomic mass is 16.1. The van der Waals surface area contributed by atoms with Crippen LogP contribution in [0.3, 0.4) is 0 Å². The first-order valence-electron chi connectivity index (χ1n) is 5.43. The lowest BCUT2D eigenvalue weighted by atomic mass is 10.0. The van der Waals surface area contributed by atoms with E-state index in [4.69, 9.17) is 11.5 Å². The maximum Gasteiger partial charge on any atom is 0.252 e. The predicted molar refractivity (Wildman–Crippen MR) is 62.2 cm³/mol. The molecule has 1 amide bonds. The maximum atomic E-state index is 11.3. The Morgan fingerprint density at radius 2 is 2.12 bits per heavy atom. The largest absolute Gasteiger partial charge is 0.371 e. The molecular weight excluding hydrogens is 204 g/mol. The van der Waals surface area contributed by atoms with E-state index in [1.807, 2.05) is 6.07 Å². The summed E-state index contributed by atoms with van der Waals surface area (Å²) in [6, 6.07) is 2.10. The molecule has 0 saturated carbocycles. The summed E-state index contributed by atoms with van der Waals surface area (Å²) in [6.07, 6.45) is 5.09. The van der Waals surface area contributed by atoms with E-state index in [-0.39, 0.29) is 6.04 Å². The minimum absolute atomic E-state index is 0.273. The maximum absolute atomic E-state index is 11.3. The van der Waals surface area contributed by atoms with E-state index in [2.05, 4.69) is 9.88 Å². The third-order valence-electron chi connectivity index (χ3n) is 2.94. The number of hydrogen-bond donors (Lipinski definition) is 2. The summed E-state index contributed by atoms with van der Waals surface area (Å²) >= 11 is 0. The molecule has 86 valence electrons. The molecule has 2 rings (SSSR count). The number of nitrogens with two attached hydrogens (primary N) is 2. The summed E-state index contributed by atoms with van der Waals surface area (Å²) in [7, 11) is 0. The van der Waals surface area contributed by atoms with Gasteiger partial charge >= 0.3 is 0 Å². The molecule has 1 aliphatic rings. The fraction of sp³-hybridized carbons (Fsp3) is 0.455. The number of primary amides is 1. The van der Waals surface area contributed by atoms with Crippen molar-refractivity contribution in [3.63, 3.8) is 0 Å². The Morgan fingerprint density at radius 1 is 1.44 bits per heavy atom. The SMILES string of the molecule is NC(=O)c1cnccc1N1CCC(N)CC1. The summed E-state index contributed by atoms with van der Waals surface area (Å²) in [6.45, 7) is 1.73. The first-order valence-corrected chi connectivity index (χ1v) is 5.43. The summed E-state index contributed by atoms with van der Waals surface area (Å²) in [5.74, 6) is -0.432. The lowest BCUT2D eigenvalue weighted by Crippen LogP contribution is -2.40. The summed E-state index contributed by atoms with van der Waals surface area (Å²) in [5.41, 5.74) is 12.5. The van der Waals surface area contributed by atoms with Gasteiger partial charge in [-0.1, -0.05) is 0 Å². The van der Waals surface area contributed by atoms with E-state index in [1.165, 1.54) is 6.20 Å². The third-order valence-corrected chi connectivity index (χ3v) is 2.94. The van der Waals surface area contributed by atoms with E-state index in [0.717, 1.165) is 31.6 Å². The van der Waals surface area contributed by atoms with Crippen LogP contribution in [0, 0.1) is 0 Å². The van der Waals surface area contributed by atoms with Crippen molar-refractivity contribution in [2.75, 3.05) is 18.0 Å². The van der Waals surface area contributed by atoms with Gasteiger partial charge in [0, 0.05) is 31.5 Å². The van der Waals surface area contributed by atoms with Gasteiger partial charge in [0.15, 0.2) is 0 Å². The van der Waals surface area contributed by atoms with Crippen molar-refractivity contribution in [2.24, 2.45) is 11.5 Å². The molecule has 0 unspecified atom stereocenters. The van der Waals surface area contributed by atoms with E-state index >= 15 is 0 Å². The van der Waals surface area contributed by atoms with Crippen molar-refractivity contribution in [1.29, 1.82) is 0 Å². The molecule has 4 N–H and O–H groups in total. The van der Waals surface area contributed by atoms with Gasteiger partial charge in [0.05, 0.1) is 11.3 Å². The quantitative estimate of drug-likeness (QED) is 0.740. The number of carbonyl (C=O) groups excluding carboxylic acids is 1. The fourth-order valence-corrected chi connectivity index (χ4v) is 1.99. The Kier molecular flexibility index (Phi) is 3.05. The molecule has 5 nitrogen and oxygen atoms in total. The molecule has 1 aromatic rings. The van der Waals surface area contributed by atoms with Gasteiger partial charge in [-0.05, 0) is 18.9 Å². The van der Waals surface area contributed by atoms with Gasteiger partial charge in [-0.2, -0.15) is 0 Å². The second-order valence-corrected chi connectivity index (χ2v) is 4.08.